The van der Waals surface area contributed by atoms with Gasteiger partial charge in [0.2, 0.25) is 5.91 Å². The van der Waals surface area contributed by atoms with E-state index in [1.807, 2.05) is 20.8 Å². The van der Waals surface area contributed by atoms with Gasteiger partial charge >= 0.3 is 0 Å². The van der Waals surface area contributed by atoms with Gasteiger partial charge in [0, 0.05) is 11.6 Å². The fraction of sp³-hybridized carbons (Fsp3) is 0.909. The van der Waals surface area contributed by atoms with E-state index in [1.54, 1.807) is 0 Å². The van der Waals surface area contributed by atoms with Gasteiger partial charge in [-0.2, -0.15) is 0 Å². The molecule has 14 heavy (non-hydrogen) atoms. The molecule has 1 saturated carbocycles. The van der Waals surface area contributed by atoms with Crippen molar-refractivity contribution in [2.24, 2.45) is 11.7 Å². The lowest BCUT2D eigenvalue weighted by Crippen LogP contribution is -2.49. The van der Waals surface area contributed by atoms with E-state index in [0.29, 0.717) is 0 Å². The van der Waals surface area contributed by atoms with Gasteiger partial charge in [0.05, 0.1) is 5.92 Å². The molecule has 2 atom stereocenters. The first-order valence-corrected chi connectivity index (χ1v) is 5.48. The van der Waals surface area contributed by atoms with Gasteiger partial charge in [-0.25, -0.2) is 0 Å². The molecule has 1 aliphatic carbocycles. The maximum Gasteiger partial charge on any atom is 0.225 e. The smallest absolute Gasteiger partial charge is 0.225 e. The molecule has 0 aliphatic heterocycles. The van der Waals surface area contributed by atoms with Crippen LogP contribution in [0.2, 0.25) is 0 Å². The highest BCUT2D eigenvalue weighted by atomic mass is 16.2. The summed E-state index contributed by atoms with van der Waals surface area (Å²) in [5.41, 5.74) is 5.79. The molecule has 0 aromatic rings. The summed E-state index contributed by atoms with van der Waals surface area (Å²) in [6, 6.07) is 0.0612. The Balaban J connectivity index is 2.50. The summed E-state index contributed by atoms with van der Waals surface area (Å²) < 4.78 is 0. The van der Waals surface area contributed by atoms with Crippen LogP contribution in [0.5, 0.6) is 0 Å². The van der Waals surface area contributed by atoms with Crippen LogP contribution in [-0.2, 0) is 4.79 Å². The number of hydrogen-bond donors (Lipinski definition) is 2. The molecular formula is C11H22N2O. The molecular weight excluding hydrogens is 176 g/mol. The van der Waals surface area contributed by atoms with Crippen LogP contribution in [0.1, 0.15) is 46.5 Å². The first-order chi connectivity index (χ1) is 6.40. The van der Waals surface area contributed by atoms with Crippen LogP contribution in [-0.4, -0.2) is 17.5 Å². The SMILES string of the molecule is CC(C)(C)NC(=O)C1CCCCC1N. The molecule has 0 spiro atoms. The molecule has 82 valence electrons. The lowest BCUT2D eigenvalue weighted by molar-refractivity contribution is -0.127. The largest absolute Gasteiger partial charge is 0.351 e. The number of nitrogens with one attached hydrogen (secondary N) is 1. The Labute approximate surface area is 86.4 Å². The van der Waals surface area contributed by atoms with Crippen molar-refractivity contribution in [2.75, 3.05) is 0 Å². The van der Waals surface area contributed by atoms with Crippen LogP contribution in [0.4, 0.5) is 0 Å². The Bertz CT molecular complexity index is 208. The van der Waals surface area contributed by atoms with E-state index in [2.05, 4.69) is 5.32 Å². The van der Waals surface area contributed by atoms with Crippen molar-refractivity contribution >= 4 is 5.91 Å². The molecule has 1 aliphatic rings. The van der Waals surface area contributed by atoms with Crippen molar-refractivity contribution in [1.82, 2.24) is 5.32 Å². The third kappa shape index (κ3) is 3.29. The second kappa shape index (κ2) is 4.30. The Morgan fingerprint density at radius 2 is 1.86 bits per heavy atom. The molecule has 0 aromatic carbocycles. The molecule has 0 aromatic heterocycles. The fourth-order valence-corrected chi connectivity index (χ4v) is 1.95. The molecule has 0 saturated heterocycles. The average molecular weight is 198 g/mol. The summed E-state index contributed by atoms with van der Waals surface area (Å²) in [7, 11) is 0. The first-order valence-electron chi connectivity index (χ1n) is 5.48. The van der Waals surface area contributed by atoms with Gasteiger partial charge in [-0.1, -0.05) is 12.8 Å². The predicted molar refractivity (Wildman–Crippen MR) is 57.8 cm³/mol. The number of carbonyl (C=O) groups excluding carboxylic acids is 1. The highest BCUT2D eigenvalue weighted by Gasteiger charge is 2.29. The number of nitrogens with two attached hydrogens (primary N) is 1. The van der Waals surface area contributed by atoms with E-state index in [4.69, 9.17) is 5.73 Å². The monoisotopic (exact) mass is 198 g/mol. The Morgan fingerprint density at radius 3 is 2.36 bits per heavy atom. The summed E-state index contributed by atoms with van der Waals surface area (Å²) in [6.45, 7) is 6.00. The van der Waals surface area contributed by atoms with Gasteiger partial charge in [0.1, 0.15) is 0 Å². The zero-order chi connectivity index (χ0) is 10.8. The number of hydrogen-bond acceptors (Lipinski definition) is 2. The zero-order valence-electron chi connectivity index (χ0n) is 9.47. The molecule has 0 bridgehead atoms. The lowest BCUT2D eigenvalue weighted by Gasteiger charge is -2.30. The van der Waals surface area contributed by atoms with Crippen molar-refractivity contribution in [3.8, 4) is 0 Å². The van der Waals surface area contributed by atoms with Crippen molar-refractivity contribution in [3.05, 3.63) is 0 Å². The molecule has 3 N–H and O–H groups in total. The quantitative estimate of drug-likeness (QED) is 0.669. The second-order valence-electron chi connectivity index (χ2n) is 5.29. The summed E-state index contributed by atoms with van der Waals surface area (Å²) in [5, 5.41) is 3.00. The van der Waals surface area contributed by atoms with Crippen LogP contribution in [0.25, 0.3) is 0 Å². The molecule has 0 heterocycles. The van der Waals surface area contributed by atoms with E-state index in [1.165, 1.54) is 6.42 Å². The van der Waals surface area contributed by atoms with Gasteiger partial charge in [-0.3, -0.25) is 4.79 Å². The van der Waals surface area contributed by atoms with Crippen LogP contribution < -0.4 is 11.1 Å². The molecule has 3 heteroatoms. The maximum absolute atomic E-state index is 11.8. The van der Waals surface area contributed by atoms with E-state index in [0.717, 1.165) is 19.3 Å². The number of amides is 1. The minimum Gasteiger partial charge on any atom is -0.351 e. The zero-order valence-corrected chi connectivity index (χ0v) is 9.47. The Hall–Kier alpha value is -0.570. The standard InChI is InChI=1S/C11H22N2O/c1-11(2,3)13-10(14)8-6-4-5-7-9(8)12/h8-9H,4-7,12H2,1-3H3,(H,13,14). The summed E-state index contributed by atoms with van der Waals surface area (Å²) in [6.07, 6.45) is 4.24. The molecule has 1 amide bonds. The van der Waals surface area contributed by atoms with E-state index >= 15 is 0 Å². The van der Waals surface area contributed by atoms with Gasteiger partial charge in [0.25, 0.3) is 0 Å². The second-order valence-corrected chi connectivity index (χ2v) is 5.29. The third-order valence-corrected chi connectivity index (χ3v) is 2.65. The molecule has 3 nitrogen and oxygen atoms in total. The van der Waals surface area contributed by atoms with Crippen LogP contribution in [0.15, 0.2) is 0 Å². The molecule has 1 rings (SSSR count). The van der Waals surface area contributed by atoms with Crippen molar-refractivity contribution < 1.29 is 4.79 Å². The fourth-order valence-electron chi connectivity index (χ4n) is 1.95. The summed E-state index contributed by atoms with van der Waals surface area (Å²) in [5.74, 6) is 0.160. The average Bonchev–Trinajstić information content (AvgIpc) is 2.01. The summed E-state index contributed by atoms with van der Waals surface area (Å²) in [4.78, 5) is 11.8. The minimum atomic E-state index is -0.145. The van der Waals surface area contributed by atoms with Gasteiger partial charge in [-0.05, 0) is 33.6 Å². The normalized spacial score (nSPS) is 28.6. The highest BCUT2D eigenvalue weighted by molar-refractivity contribution is 5.80. The molecule has 2 unspecified atom stereocenters. The Kier molecular flexibility index (Phi) is 3.53. The Morgan fingerprint density at radius 1 is 1.29 bits per heavy atom. The molecule has 1 fully saturated rings. The third-order valence-electron chi connectivity index (χ3n) is 2.65. The summed E-state index contributed by atoms with van der Waals surface area (Å²) >= 11 is 0. The number of rotatable bonds is 1. The minimum absolute atomic E-state index is 0.0305. The van der Waals surface area contributed by atoms with Crippen LogP contribution in [0, 0.1) is 5.92 Å². The lowest BCUT2D eigenvalue weighted by atomic mass is 9.84. The van der Waals surface area contributed by atoms with Gasteiger partial charge < -0.3 is 11.1 Å². The number of carbonyl (C=O) groups is 1. The topological polar surface area (TPSA) is 55.1 Å². The van der Waals surface area contributed by atoms with Gasteiger partial charge in [0.15, 0.2) is 0 Å². The molecule has 0 radical (unpaired) electrons. The predicted octanol–water partition coefficient (Wildman–Crippen LogP) is 1.42. The van der Waals surface area contributed by atoms with E-state index < -0.39 is 0 Å². The van der Waals surface area contributed by atoms with Crippen LogP contribution in [0.3, 0.4) is 0 Å². The van der Waals surface area contributed by atoms with E-state index in [-0.39, 0.29) is 23.4 Å². The van der Waals surface area contributed by atoms with E-state index in [9.17, 15) is 4.79 Å². The van der Waals surface area contributed by atoms with Crippen molar-refractivity contribution in [3.63, 3.8) is 0 Å². The van der Waals surface area contributed by atoms with Crippen molar-refractivity contribution in [2.45, 2.75) is 58.0 Å². The van der Waals surface area contributed by atoms with Gasteiger partial charge in [-0.15, -0.1) is 0 Å². The van der Waals surface area contributed by atoms with Crippen LogP contribution >= 0.6 is 0 Å². The van der Waals surface area contributed by atoms with Crippen molar-refractivity contribution in [1.29, 1.82) is 0 Å². The first kappa shape index (κ1) is 11.5. The highest BCUT2D eigenvalue weighted by Crippen LogP contribution is 2.23. The maximum atomic E-state index is 11.8.